The van der Waals surface area contributed by atoms with Gasteiger partial charge in [-0.05, 0) is 58.6 Å². The van der Waals surface area contributed by atoms with Gasteiger partial charge in [0.2, 0.25) is 10.0 Å². The third-order valence-electron chi connectivity index (χ3n) is 3.20. The lowest BCUT2D eigenvalue weighted by molar-refractivity contribution is 0.379. The maximum absolute atomic E-state index is 13.7. The molecule has 1 atom stereocenters. The van der Waals surface area contributed by atoms with Crippen LogP contribution in [0.4, 0.5) is 4.39 Å². The first-order valence-corrected chi connectivity index (χ1v) is 8.32. The van der Waals surface area contributed by atoms with Crippen molar-refractivity contribution in [3.63, 3.8) is 0 Å². The zero-order valence-corrected chi connectivity index (χ0v) is 13.8. The van der Waals surface area contributed by atoms with Crippen molar-refractivity contribution < 1.29 is 12.8 Å². The third-order valence-corrected chi connectivity index (χ3v) is 4.77. The minimum atomic E-state index is -3.67. The molecule has 5 nitrogen and oxygen atoms in total. The summed E-state index contributed by atoms with van der Waals surface area (Å²) in [6.07, 6.45) is 0.691. The van der Waals surface area contributed by atoms with E-state index in [1.165, 1.54) is 19.1 Å². The van der Waals surface area contributed by atoms with E-state index in [2.05, 4.69) is 4.72 Å². The number of nitrogens with zero attached hydrogens (tertiary/aromatic N) is 1. The second-order valence-corrected chi connectivity index (χ2v) is 7.25. The van der Waals surface area contributed by atoms with Crippen molar-refractivity contribution in [1.82, 2.24) is 9.62 Å². The Balaban J connectivity index is 2.95. The molecule has 0 aromatic heterocycles. The van der Waals surface area contributed by atoms with Crippen molar-refractivity contribution in [3.05, 3.63) is 29.1 Å². The lowest BCUT2D eigenvalue weighted by atomic mass is 10.1. The van der Waals surface area contributed by atoms with Crippen LogP contribution in [0, 0.1) is 12.7 Å². The van der Waals surface area contributed by atoms with Gasteiger partial charge in [-0.25, -0.2) is 17.5 Å². The van der Waals surface area contributed by atoms with Crippen LogP contribution in [-0.4, -0.2) is 40.0 Å². The van der Waals surface area contributed by atoms with E-state index in [0.717, 1.165) is 6.54 Å². The Morgan fingerprint density at radius 3 is 2.52 bits per heavy atom. The highest BCUT2D eigenvalue weighted by Crippen LogP contribution is 2.19. The van der Waals surface area contributed by atoms with Crippen LogP contribution in [0.15, 0.2) is 17.0 Å². The standard InChI is InChI=1S/C14H24FN3O2S/c1-10-7-13(8-12(9-16)14(10)15)21(19,20)17-11(2)5-6-18(3)4/h7-8,11,17H,5-6,9,16H2,1-4H3. The fraction of sp³-hybridized carbons (Fsp3) is 0.571. The quantitative estimate of drug-likeness (QED) is 0.793. The maximum atomic E-state index is 13.7. The largest absolute Gasteiger partial charge is 0.326 e. The number of nitrogens with one attached hydrogen (secondary N) is 1. The fourth-order valence-electron chi connectivity index (χ4n) is 1.95. The number of hydrogen-bond donors (Lipinski definition) is 2. The van der Waals surface area contributed by atoms with Crippen molar-refractivity contribution in [2.75, 3.05) is 20.6 Å². The van der Waals surface area contributed by atoms with E-state index in [1.54, 1.807) is 6.92 Å². The Morgan fingerprint density at radius 2 is 2.00 bits per heavy atom. The second kappa shape index (κ2) is 7.31. The predicted molar refractivity (Wildman–Crippen MR) is 82.0 cm³/mol. The van der Waals surface area contributed by atoms with Gasteiger partial charge in [-0.15, -0.1) is 0 Å². The number of hydrogen-bond acceptors (Lipinski definition) is 4. The molecular weight excluding hydrogens is 293 g/mol. The summed E-state index contributed by atoms with van der Waals surface area (Å²) in [6, 6.07) is 2.42. The van der Waals surface area contributed by atoms with Crippen molar-refractivity contribution in [2.45, 2.75) is 37.8 Å². The molecule has 0 spiro atoms. The molecule has 0 aliphatic carbocycles. The molecule has 0 radical (unpaired) electrons. The van der Waals surface area contributed by atoms with E-state index in [1.807, 2.05) is 19.0 Å². The lowest BCUT2D eigenvalue weighted by Crippen LogP contribution is -2.35. The van der Waals surface area contributed by atoms with E-state index < -0.39 is 15.8 Å². The van der Waals surface area contributed by atoms with Crippen LogP contribution in [0.1, 0.15) is 24.5 Å². The fourth-order valence-corrected chi connectivity index (χ4v) is 3.37. The smallest absolute Gasteiger partial charge is 0.240 e. The molecule has 0 aliphatic rings. The van der Waals surface area contributed by atoms with Gasteiger partial charge in [-0.3, -0.25) is 0 Å². The molecule has 3 N–H and O–H groups in total. The molecule has 120 valence electrons. The summed E-state index contributed by atoms with van der Waals surface area (Å²) in [5.74, 6) is -0.447. The molecule has 0 amide bonds. The molecule has 21 heavy (non-hydrogen) atoms. The summed E-state index contributed by atoms with van der Waals surface area (Å²) >= 11 is 0. The van der Waals surface area contributed by atoms with Gasteiger partial charge in [0.05, 0.1) is 4.90 Å². The Hall–Kier alpha value is -1.02. The van der Waals surface area contributed by atoms with Gasteiger partial charge in [0, 0.05) is 18.2 Å². The third kappa shape index (κ3) is 5.03. The number of nitrogens with two attached hydrogens (primary N) is 1. The summed E-state index contributed by atoms with van der Waals surface area (Å²) in [6.45, 7) is 4.08. The van der Waals surface area contributed by atoms with E-state index in [-0.39, 0.29) is 28.6 Å². The minimum Gasteiger partial charge on any atom is -0.326 e. The topological polar surface area (TPSA) is 75.4 Å². The molecule has 0 fully saturated rings. The van der Waals surface area contributed by atoms with Gasteiger partial charge in [0.25, 0.3) is 0 Å². The number of benzene rings is 1. The summed E-state index contributed by atoms with van der Waals surface area (Å²) < 4.78 is 41.0. The molecule has 1 unspecified atom stereocenters. The first-order chi connectivity index (χ1) is 9.67. The first kappa shape index (κ1) is 18.0. The Morgan fingerprint density at radius 1 is 1.38 bits per heavy atom. The van der Waals surface area contributed by atoms with Crippen molar-refractivity contribution in [2.24, 2.45) is 5.73 Å². The summed E-state index contributed by atoms with van der Waals surface area (Å²) in [4.78, 5) is 2.04. The highest BCUT2D eigenvalue weighted by molar-refractivity contribution is 7.89. The predicted octanol–water partition coefficient (Wildman–Crippen LogP) is 1.21. The number of sulfonamides is 1. The minimum absolute atomic E-state index is 0.0355. The molecule has 1 aromatic rings. The van der Waals surface area contributed by atoms with Crippen molar-refractivity contribution in [3.8, 4) is 0 Å². The Labute approximate surface area is 126 Å². The zero-order valence-electron chi connectivity index (χ0n) is 13.0. The number of halogens is 1. The van der Waals surface area contributed by atoms with Crippen LogP contribution in [0.25, 0.3) is 0 Å². The van der Waals surface area contributed by atoms with Crippen LogP contribution in [0.5, 0.6) is 0 Å². The van der Waals surface area contributed by atoms with Gasteiger partial charge < -0.3 is 10.6 Å². The molecule has 1 rings (SSSR count). The average Bonchev–Trinajstić information content (AvgIpc) is 2.38. The maximum Gasteiger partial charge on any atom is 0.240 e. The van der Waals surface area contributed by atoms with Crippen LogP contribution in [0.2, 0.25) is 0 Å². The highest BCUT2D eigenvalue weighted by Gasteiger charge is 2.20. The van der Waals surface area contributed by atoms with Crippen molar-refractivity contribution in [1.29, 1.82) is 0 Å². The molecule has 0 heterocycles. The zero-order chi connectivity index (χ0) is 16.2. The van der Waals surface area contributed by atoms with Gasteiger partial charge in [-0.2, -0.15) is 0 Å². The molecule has 1 aromatic carbocycles. The molecule has 0 saturated carbocycles. The Kier molecular flexibility index (Phi) is 6.27. The van der Waals surface area contributed by atoms with Crippen LogP contribution >= 0.6 is 0 Å². The average molecular weight is 317 g/mol. The van der Waals surface area contributed by atoms with Crippen LogP contribution < -0.4 is 10.5 Å². The molecule has 0 saturated heterocycles. The van der Waals surface area contributed by atoms with Crippen LogP contribution in [0.3, 0.4) is 0 Å². The number of aryl methyl sites for hydroxylation is 1. The van der Waals surface area contributed by atoms with Crippen LogP contribution in [-0.2, 0) is 16.6 Å². The first-order valence-electron chi connectivity index (χ1n) is 6.83. The summed E-state index contributed by atoms with van der Waals surface area (Å²) in [7, 11) is 0.187. The molecule has 0 aliphatic heterocycles. The van der Waals surface area contributed by atoms with E-state index in [9.17, 15) is 12.8 Å². The Bertz CT molecular complexity index is 588. The monoisotopic (exact) mass is 317 g/mol. The molecule has 0 bridgehead atoms. The van der Waals surface area contributed by atoms with Gasteiger partial charge in [-0.1, -0.05) is 0 Å². The molecule has 7 heteroatoms. The summed E-state index contributed by atoms with van der Waals surface area (Å²) in [5, 5.41) is 0. The van der Waals surface area contributed by atoms with Gasteiger partial charge >= 0.3 is 0 Å². The van der Waals surface area contributed by atoms with E-state index >= 15 is 0 Å². The number of rotatable bonds is 7. The second-order valence-electron chi connectivity index (χ2n) is 5.53. The van der Waals surface area contributed by atoms with E-state index in [0.29, 0.717) is 6.42 Å². The van der Waals surface area contributed by atoms with E-state index in [4.69, 9.17) is 5.73 Å². The summed E-state index contributed by atoms with van der Waals surface area (Å²) in [5.41, 5.74) is 5.94. The SMILES string of the molecule is Cc1cc(S(=O)(=O)NC(C)CCN(C)C)cc(CN)c1F. The highest BCUT2D eigenvalue weighted by atomic mass is 32.2. The lowest BCUT2D eigenvalue weighted by Gasteiger charge is -2.17. The van der Waals surface area contributed by atoms with Gasteiger partial charge in [0.1, 0.15) is 5.82 Å². The van der Waals surface area contributed by atoms with Crippen molar-refractivity contribution >= 4 is 10.0 Å². The molecular formula is C14H24FN3O2S. The van der Waals surface area contributed by atoms with Gasteiger partial charge in [0.15, 0.2) is 0 Å². The normalized spacial score (nSPS) is 13.7.